The van der Waals surface area contributed by atoms with Crippen LogP contribution in [0.2, 0.25) is 5.02 Å². The van der Waals surface area contributed by atoms with Gasteiger partial charge in [-0.25, -0.2) is 4.79 Å². The van der Waals surface area contributed by atoms with E-state index in [1.807, 2.05) is 0 Å². The van der Waals surface area contributed by atoms with E-state index in [-0.39, 0.29) is 16.3 Å². The number of para-hydroxylation sites is 1. The number of ether oxygens (including phenoxy) is 2. The lowest BCUT2D eigenvalue weighted by Gasteiger charge is -2.12. The minimum atomic E-state index is -4.47. The number of carboxylic acid groups (broad SMARTS) is 1. The van der Waals surface area contributed by atoms with Crippen molar-refractivity contribution >= 4 is 17.6 Å². The monoisotopic (exact) mass is 284 g/mol. The predicted octanol–water partition coefficient (Wildman–Crippen LogP) is 2.95. The van der Waals surface area contributed by atoms with E-state index in [0.29, 0.717) is 0 Å². The molecule has 0 bridgehead atoms. The molecule has 0 unspecified atom stereocenters. The van der Waals surface area contributed by atoms with Gasteiger partial charge in [0, 0.05) is 0 Å². The van der Waals surface area contributed by atoms with Gasteiger partial charge in [-0.05, 0) is 12.1 Å². The summed E-state index contributed by atoms with van der Waals surface area (Å²) in [6.45, 7) is -2.23. The Hall–Kier alpha value is -1.47. The molecule has 100 valence electrons. The lowest BCUT2D eigenvalue weighted by Crippen LogP contribution is -2.19. The van der Waals surface area contributed by atoms with Gasteiger partial charge in [0.05, 0.1) is 5.02 Å². The lowest BCUT2D eigenvalue weighted by atomic mass is 10.2. The molecule has 4 nitrogen and oxygen atoms in total. The van der Waals surface area contributed by atoms with Gasteiger partial charge in [-0.15, -0.1) is 0 Å². The van der Waals surface area contributed by atoms with E-state index in [1.165, 1.54) is 18.2 Å². The standard InChI is InChI=1S/C10H8ClF3O4/c11-7-3-1-2-6(9(15)16)8(7)18-5-17-4-10(12,13)14/h1-3H,4-5H2,(H,15,16). The average Bonchev–Trinajstić information content (AvgIpc) is 2.24. The van der Waals surface area contributed by atoms with E-state index in [0.717, 1.165) is 0 Å². The van der Waals surface area contributed by atoms with Crippen molar-refractivity contribution in [2.24, 2.45) is 0 Å². The fraction of sp³-hybridized carbons (Fsp3) is 0.300. The minimum Gasteiger partial charge on any atom is -0.478 e. The topological polar surface area (TPSA) is 55.8 Å². The molecule has 1 aromatic rings. The van der Waals surface area contributed by atoms with Crippen molar-refractivity contribution in [3.8, 4) is 5.75 Å². The van der Waals surface area contributed by atoms with Crippen molar-refractivity contribution in [3.05, 3.63) is 28.8 Å². The molecule has 8 heteroatoms. The number of carboxylic acids is 1. The first-order valence-corrected chi connectivity index (χ1v) is 4.98. The summed E-state index contributed by atoms with van der Waals surface area (Å²) < 4.78 is 44.3. The smallest absolute Gasteiger partial charge is 0.411 e. The predicted molar refractivity (Wildman–Crippen MR) is 55.9 cm³/mol. The molecule has 0 radical (unpaired) electrons. The minimum absolute atomic E-state index is 0.0227. The molecule has 0 amide bonds. The lowest BCUT2D eigenvalue weighted by molar-refractivity contribution is -0.186. The first kappa shape index (κ1) is 14.6. The number of rotatable bonds is 5. The van der Waals surface area contributed by atoms with Crippen LogP contribution < -0.4 is 4.74 Å². The van der Waals surface area contributed by atoms with Crippen LogP contribution >= 0.6 is 11.6 Å². The number of aromatic carboxylic acids is 1. The van der Waals surface area contributed by atoms with Crippen LogP contribution in [0.3, 0.4) is 0 Å². The number of halogens is 4. The highest BCUT2D eigenvalue weighted by atomic mass is 35.5. The first-order chi connectivity index (χ1) is 8.31. The summed E-state index contributed by atoms with van der Waals surface area (Å²) in [6.07, 6.45) is -4.47. The third-order valence-corrected chi connectivity index (χ3v) is 2.05. The average molecular weight is 285 g/mol. The van der Waals surface area contributed by atoms with Gasteiger partial charge in [-0.3, -0.25) is 0 Å². The summed E-state index contributed by atoms with van der Waals surface area (Å²) in [5.41, 5.74) is -0.252. The molecule has 0 aliphatic rings. The molecule has 0 aliphatic carbocycles. The summed E-state index contributed by atoms with van der Waals surface area (Å²) in [5, 5.41) is 8.79. The number of carbonyl (C=O) groups is 1. The second-order valence-corrected chi connectivity index (χ2v) is 3.55. The molecule has 18 heavy (non-hydrogen) atoms. The van der Waals surface area contributed by atoms with Gasteiger partial charge in [0.15, 0.2) is 12.5 Å². The maximum absolute atomic E-state index is 11.8. The molecule has 0 atom stereocenters. The Morgan fingerprint density at radius 1 is 1.39 bits per heavy atom. The van der Waals surface area contributed by atoms with Crippen molar-refractivity contribution < 1.29 is 32.5 Å². The molecule has 0 heterocycles. The maximum atomic E-state index is 11.8. The zero-order chi connectivity index (χ0) is 13.8. The largest absolute Gasteiger partial charge is 0.478 e. The van der Waals surface area contributed by atoms with Crippen LogP contribution in [0.25, 0.3) is 0 Å². The third-order valence-electron chi connectivity index (χ3n) is 1.75. The molecule has 0 saturated carbocycles. The maximum Gasteiger partial charge on any atom is 0.411 e. The van der Waals surface area contributed by atoms with Gasteiger partial charge < -0.3 is 14.6 Å². The first-order valence-electron chi connectivity index (χ1n) is 4.60. The summed E-state index contributed by atoms with van der Waals surface area (Å²) in [5.74, 6) is -1.53. The Labute approximate surface area is 105 Å². The Morgan fingerprint density at radius 2 is 2.06 bits per heavy atom. The number of hydrogen-bond donors (Lipinski definition) is 1. The van der Waals surface area contributed by atoms with Crippen molar-refractivity contribution in [3.63, 3.8) is 0 Å². The Balaban J connectivity index is 2.64. The van der Waals surface area contributed by atoms with E-state index in [2.05, 4.69) is 4.74 Å². The van der Waals surface area contributed by atoms with Gasteiger partial charge in [-0.2, -0.15) is 13.2 Å². The molecular weight excluding hydrogens is 277 g/mol. The van der Waals surface area contributed by atoms with Gasteiger partial charge >= 0.3 is 12.1 Å². The van der Waals surface area contributed by atoms with Gasteiger partial charge in [0.1, 0.15) is 12.2 Å². The fourth-order valence-corrected chi connectivity index (χ4v) is 1.31. The van der Waals surface area contributed by atoms with Crippen LogP contribution in [-0.4, -0.2) is 30.7 Å². The Morgan fingerprint density at radius 3 is 2.61 bits per heavy atom. The normalized spacial score (nSPS) is 11.3. The van der Waals surface area contributed by atoms with Crippen molar-refractivity contribution in [2.45, 2.75) is 6.18 Å². The van der Waals surface area contributed by atoms with Crippen LogP contribution in [0.15, 0.2) is 18.2 Å². The summed E-state index contributed by atoms with van der Waals surface area (Å²) >= 11 is 5.68. The second-order valence-electron chi connectivity index (χ2n) is 3.15. The van der Waals surface area contributed by atoms with Crippen molar-refractivity contribution in [1.82, 2.24) is 0 Å². The fourth-order valence-electron chi connectivity index (χ4n) is 1.08. The third kappa shape index (κ3) is 4.42. The highest BCUT2D eigenvalue weighted by Crippen LogP contribution is 2.28. The van der Waals surface area contributed by atoms with E-state index in [1.54, 1.807) is 0 Å². The highest BCUT2D eigenvalue weighted by Gasteiger charge is 2.27. The van der Waals surface area contributed by atoms with Crippen molar-refractivity contribution in [1.29, 1.82) is 0 Å². The van der Waals surface area contributed by atoms with Crippen LogP contribution in [-0.2, 0) is 4.74 Å². The number of alkyl halides is 3. The van der Waals surface area contributed by atoms with Crippen LogP contribution in [0.5, 0.6) is 5.75 Å². The molecule has 0 saturated heterocycles. The van der Waals surface area contributed by atoms with E-state index in [9.17, 15) is 18.0 Å². The quantitative estimate of drug-likeness (QED) is 0.667. The SMILES string of the molecule is O=C(O)c1cccc(Cl)c1OCOCC(F)(F)F. The molecule has 0 spiro atoms. The van der Waals surface area contributed by atoms with E-state index < -0.39 is 25.5 Å². The van der Waals surface area contributed by atoms with Crippen LogP contribution in [0.1, 0.15) is 10.4 Å². The summed E-state index contributed by atoms with van der Waals surface area (Å²) in [4.78, 5) is 10.8. The van der Waals surface area contributed by atoms with Gasteiger partial charge in [0.25, 0.3) is 0 Å². The zero-order valence-corrected chi connectivity index (χ0v) is 9.59. The highest BCUT2D eigenvalue weighted by molar-refractivity contribution is 6.32. The summed E-state index contributed by atoms with van der Waals surface area (Å²) in [7, 11) is 0. The van der Waals surface area contributed by atoms with E-state index >= 15 is 0 Å². The van der Waals surface area contributed by atoms with Crippen molar-refractivity contribution in [2.75, 3.05) is 13.4 Å². The number of benzene rings is 1. The van der Waals surface area contributed by atoms with Gasteiger partial charge in [-0.1, -0.05) is 17.7 Å². The van der Waals surface area contributed by atoms with E-state index in [4.69, 9.17) is 21.4 Å². The summed E-state index contributed by atoms with van der Waals surface area (Å²) in [6, 6.07) is 3.95. The molecule has 1 aromatic carbocycles. The molecular formula is C10H8ClF3O4. The zero-order valence-electron chi connectivity index (χ0n) is 8.83. The Kier molecular flexibility index (Phi) is 4.80. The second kappa shape index (κ2) is 5.92. The molecule has 1 N–H and O–H groups in total. The van der Waals surface area contributed by atoms with Gasteiger partial charge in [0.2, 0.25) is 0 Å². The molecule has 0 aromatic heterocycles. The van der Waals surface area contributed by atoms with Crippen LogP contribution in [0, 0.1) is 0 Å². The molecule has 0 aliphatic heterocycles. The molecule has 1 rings (SSSR count). The number of hydrogen-bond acceptors (Lipinski definition) is 3. The Bertz CT molecular complexity index is 434. The molecule has 0 fully saturated rings. The van der Waals surface area contributed by atoms with Crippen LogP contribution in [0.4, 0.5) is 13.2 Å².